The monoisotopic (exact) mass is 310 g/mol. The van der Waals surface area contributed by atoms with Crippen molar-refractivity contribution in [3.63, 3.8) is 0 Å². The Bertz CT molecular complexity index is 793. The maximum Gasteiger partial charge on any atom is 0.254 e. The summed E-state index contributed by atoms with van der Waals surface area (Å²) >= 11 is 0. The molecule has 7 nitrogen and oxygen atoms in total. The number of nitrogens with one attached hydrogen (secondary N) is 2. The van der Waals surface area contributed by atoms with Crippen LogP contribution in [0.25, 0.3) is 5.69 Å². The fourth-order valence-corrected chi connectivity index (χ4v) is 2.43. The first-order chi connectivity index (χ1) is 11.2. The zero-order valence-electron chi connectivity index (χ0n) is 13.0. The second-order valence-electron chi connectivity index (χ2n) is 5.27. The Labute approximate surface area is 133 Å². The fourth-order valence-electron chi connectivity index (χ4n) is 2.43. The molecule has 0 saturated heterocycles. The summed E-state index contributed by atoms with van der Waals surface area (Å²) in [6, 6.07) is 7.19. The summed E-state index contributed by atoms with van der Waals surface area (Å²) in [6.45, 7) is 3.95. The van der Waals surface area contributed by atoms with Crippen LogP contribution < -0.4 is 5.32 Å². The van der Waals surface area contributed by atoms with E-state index in [1.54, 1.807) is 29.5 Å². The number of amides is 1. The summed E-state index contributed by atoms with van der Waals surface area (Å²) in [6.07, 6.45) is 5.64. The van der Waals surface area contributed by atoms with Crippen LogP contribution in [0.15, 0.2) is 43.1 Å². The molecule has 0 unspecified atom stereocenters. The average molecular weight is 310 g/mol. The molecule has 1 amide bonds. The van der Waals surface area contributed by atoms with E-state index in [9.17, 15) is 4.79 Å². The Kier molecular flexibility index (Phi) is 4.18. The molecule has 0 fully saturated rings. The second kappa shape index (κ2) is 6.43. The number of benzene rings is 1. The van der Waals surface area contributed by atoms with E-state index >= 15 is 0 Å². The van der Waals surface area contributed by atoms with E-state index < -0.39 is 0 Å². The van der Waals surface area contributed by atoms with Crippen LogP contribution in [0.1, 0.15) is 41.3 Å². The van der Waals surface area contributed by atoms with Gasteiger partial charge in [-0.2, -0.15) is 0 Å². The van der Waals surface area contributed by atoms with Crippen LogP contribution in [0, 0.1) is 6.92 Å². The topological polar surface area (TPSA) is 88.5 Å². The fraction of sp³-hybridized carbons (Fsp3) is 0.250. The van der Waals surface area contributed by atoms with Gasteiger partial charge in [0.05, 0.1) is 17.3 Å². The lowest BCUT2D eigenvalue weighted by atomic mass is 10.1. The van der Waals surface area contributed by atoms with Crippen molar-refractivity contribution in [1.82, 2.24) is 30.0 Å². The summed E-state index contributed by atoms with van der Waals surface area (Å²) < 4.78 is 1.72. The highest BCUT2D eigenvalue weighted by atomic mass is 16.1. The predicted octanol–water partition coefficient (Wildman–Crippen LogP) is 2.18. The van der Waals surface area contributed by atoms with Gasteiger partial charge in [0.2, 0.25) is 0 Å². The molecule has 2 N–H and O–H groups in total. The number of H-pyrrole nitrogens is 1. The van der Waals surface area contributed by atoms with E-state index in [0.29, 0.717) is 5.56 Å². The van der Waals surface area contributed by atoms with Gasteiger partial charge < -0.3 is 10.3 Å². The number of rotatable bonds is 5. The molecule has 0 aliphatic carbocycles. The van der Waals surface area contributed by atoms with Crippen molar-refractivity contribution in [3.8, 4) is 5.69 Å². The van der Waals surface area contributed by atoms with Gasteiger partial charge in [0, 0.05) is 11.9 Å². The molecule has 1 atom stereocenters. The lowest BCUT2D eigenvalue weighted by Gasteiger charge is -2.16. The first kappa shape index (κ1) is 15.0. The maximum atomic E-state index is 12.7. The Balaban J connectivity index is 1.86. The third kappa shape index (κ3) is 3.13. The van der Waals surface area contributed by atoms with Gasteiger partial charge in [-0.3, -0.25) is 9.36 Å². The van der Waals surface area contributed by atoms with Crippen LogP contribution >= 0.6 is 0 Å². The number of hydrogen-bond acceptors (Lipinski definition) is 4. The van der Waals surface area contributed by atoms with E-state index in [-0.39, 0.29) is 11.9 Å². The number of aromatic nitrogens is 5. The Morgan fingerprint density at radius 2 is 2.04 bits per heavy atom. The summed E-state index contributed by atoms with van der Waals surface area (Å²) in [5.41, 5.74) is 2.27. The van der Waals surface area contributed by atoms with E-state index in [0.717, 1.165) is 23.6 Å². The van der Waals surface area contributed by atoms with E-state index in [1.807, 2.05) is 32.0 Å². The minimum atomic E-state index is -0.162. The van der Waals surface area contributed by atoms with Crippen LogP contribution in [-0.4, -0.2) is 30.6 Å². The number of aromatic amines is 1. The van der Waals surface area contributed by atoms with Gasteiger partial charge in [-0.1, -0.05) is 19.1 Å². The molecular formula is C16H18N6O. The number of carbonyl (C=O) groups excluding carboxylic acids is 1. The maximum absolute atomic E-state index is 12.7. The summed E-state index contributed by atoms with van der Waals surface area (Å²) in [7, 11) is 0. The third-order valence-electron chi connectivity index (χ3n) is 3.61. The second-order valence-corrected chi connectivity index (χ2v) is 5.27. The summed E-state index contributed by atoms with van der Waals surface area (Å²) in [4.78, 5) is 20.2. The van der Waals surface area contributed by atoms with Gasteiger partial charge >= 0.3 is 0 Å². The van der Waals surface area contributed by atoms with Crippen LogP contribution in [-0.2, 0) is 0 Å². The smallest absolute Gasteiger partial charge is 0.254 e. The quantitative estimate of drug-likeness (QED) is 0.756. The minimum Gasteiger partial charge on any atom is -0.344 e. The van der Waals surface area contributed by atoms with Crippen LogP contribution in [0.4, 0.5) is 0 Å². The third-order valence-corrected chi connectivity index (χ3v) is 3.61. The molecule has 23 heavy (non-hydrogen) atoms. The molecule has 0 aliphatic rings. The Morgan fingerprint density at radius 1 is 1.30 bits per heavy atom. The molecule has 3 rings (SSSR count). The summed E-state index contributed by atoms with van der Waals surface area (Å²) in [5.74, 6) is 0.607. The molecule has 3 aromatic rings. The largest absolute Gasteiger partial charge is 0.344 e. The molecule has 0 aliphatic heterocycles. The van der Waals surface area contributed by atoms with E-state index in [2.05, 4.69) is 25.5 Å². The first-order valence-electron chi connectivity index (χ1n) is 7.45. The zero-order chi connectivity index (χ0) is 16.2. The number of hydrogen-bond donors (Lipinski definition) is 2. The van der Waals surface area contributed by atoms with Crippen LogP contribution in [0.2, 0.25) is 0 Å². The molecule has 7 heteroatoms. The van der Waals surface area contributed by atoms with Gasteiger partial charge in [0.15, 0.2) is 0 Å². The van der Waals surface area contributed by atoms with Crippen molar-refractivity contribution in [2.24, 2.45) is 0 Å². The number of para-hydroxylation sites is 1. The Hall–Kier alpha value is -2.96. The average Bonchev–Trinajstić information content (AvgIpc) is 3.24. The van der Waals surface area contributed by atoms with Gasteiger partial charge in [-0.15, -0.1) is 10.2 Å². The van der Waals surface area contributed by atoms with Crippen LogP contribution in [0.3, 0.4) is 0 Å². The highest BCUT2D eigenvalue weighted by molar-refractivity contribution is 5.97. The highest BCUT2D eigenvalue weighted by Gasteiger charge is 2.19. The minimum absolute atomic E-state index is 0.157. The normalized spacial score (nSPS) is 12.1. The van der Waals surface area contributed by atoms with Gasteiger partial charge in [0.25, 0.3) is 5.91 Å². The number of carbonyl (C=O) groups is 1. The van der Waals surface area contributed by atoms with Gasteiger partial charge in [-0.25, -0.2) is 4.98 Å². The molecule has 2 heterocycles. The van der Waals surface area contributed by atoms with Crippen molar-refractivity contribution in [1.29, 1.82) is 0 Å². The summed E-state index contributed by atoms with van der Waals surface area (Å²) in [5, 5.41) is 10.6. The first-order valence-corrected chi connectivity index (χ1v) is 7.45. The number of imidazole rings is 1. The lowest BCUT2D eigenvalue weighted by Crippen LogP contribution is -2.29. The highest BCUT2D eigenvalue weighted by Crippen LogP contribution is 2.17. The van der Waals surface area contributed by atoms with Crippen LogP contribution in [0.5, 0.6) is 0 Å². The SMILES string of the molecule is CC[C@H](NC(=O)c1ccccc1-n1cnnc1)c1ncc(C)[nH]1. The van der Waals surface area contributed by atoms with E-state index in [1.165, 1.54) is 0 Å². The van der Waals surface area contributed by atoms with Gasteiger partial charge in [0.1, 0.15) is 18.5 Å². The number of aryl methyl sites for hydroxylation is 1. The molecule has 0 radical (unpaired) electrons. The molecule has 0 saturated carbocycles. The molecule has 0 spiro atoms. The van der Waals surface area contributed by atoms with Gasteiger partial charge in [-0.05, 0) is 25.5 Å². The predicted molar refractivity (Wildman–Crippen MR) is 85.2 cm³/mol. The molecular weight excluding hydrogens is 292 g/mol. The van der Waals surface area contributed by atoms with E-state index in [4.69, 9.17) is 0 Å². The molecule has 2 aromatic heterocycles. The molecule has 1 aromatic carbocycles. The Morgan fingerprint density at radius 3 is 2.70 bits per heavy atom. The van der Waals surface area contributed by atoms with Crippen molar-refractivity contribution >= 4 is 5.91 Å². The van der Waals surface area contributed by atoms with Crippen molar-refractivity contribution in [2.45, 2.75) is 26.3 Å². The standard InChI is InChI=1S/C16H18N6O/c1-3-13(15-17-8-11(2)20-15)21-16(23)12-6-4-5-7-14(12)22-9-18-19-10-22/h4-10,13H,3H2,1-2H3,(H,17,20)(H,21,23)/t13-/m0/s1. The lowest BCUT2D eigenvalue weighted by molar-refractivity contribution is 0.0934. The zero-order valence-corrected chi connectivity index (χ0v) is 13.0. The van der Waals surface area contributed by atoms with Crippen molar-refractivity contribution in [3.05, 3.63) is 60.2 Å². The number of nitrogens with zero attached hydrogens (tertiary/aromatic N) is 4. The van der Waals surface area contributed by atoms with Crippen molar-refractivity contribution < 1.29 is 4.79 Å². The van der Waals surface area contributed by atoms with Crippen molar-refractivity contribution in [2.75, 3.05) is 0 Å². The molecule has 0 bridgehead atoms. The molecule has 118 valence electrons.